The molecule has 0 saturated heterocycles. The largest absolute Gasteiger partial charge is 0.462 e. The first-order valence-electron chi connectivity index (χ1n) is 7.30. The number of carbonyl (C=O) groups is 3. The molecule has 0 radical (unpaired) electrons. The summed E-state index contributed by atoms with van der Waals surface area (Å²) >= 11 is 0. The fourth-order valence-corrected chi connectivity index (χ4v) is 1.89. The van der Waals surface area contributed by atoms with Crippen LogP contribution in [0.25, 0.3) is 0 Å². The van der Waals surface area contributed by atoms with Gasteiger partial charge in [-0.05, 0) is 19.1 Å². The van der Waals surface area contributed by atoms with E-state index in [2.05, 4.69) is 5.32 Å². The van der Waals surface area contributed by atoms with Crippen LogP contribution in [0.1, 0.15) is 24.2 Å². The van der Waals surface area contributed by atoms with Crippen LogP contribution in [-0.2, 0) is 19.1 Å². The quantitative estimate of drug-likeness (QED) is 0.729. The monoisotopic (exact) mass is 322 g/mol. The minimum atomic E-state index is -0.508. The lowest BCUT2D eigenvalue weighted by atomic mass is 10.2. The van der Waals surface area contributed by atoms with Gasteiger partial charge in [-0.25, -0.2) is 4.79 Å². The molecular formula is C16H22N2O5. The van der Waals surface area contributed by atoms with Gasteiger partial charge in [0.2, 0.25) is 11.8 Å². The Morgan fingerprint density at radius 2 is 1.91 bits per heavy atom. The van der Waals surface area contributed by atoms with Crippen molar-refractivity contribution in [1.82, 2.24) is 4.90 Å². The maximum Gasteiger partial charge on any atom is 0.340 e. The molecule has 126 valence electrons. The van der Waals surface area contributed by atoms with Crippen LogP contribution in [0.15, 0.2) is 24.3 Å². The van der Waals surface area contributed by atoms with Crippen molar-refractivity contribution in [2.24, 2.45) is 0 Å². The average Bonchev–Trinajstić information content (AvgIpc) is 2.51. The van der Waals surface area contributed by atoms with Crippen molar-refractivity contribution in [3.63, 3.8) is 0 Å². The Kier molecular flexibility index (Phi) is 7.76. The highest BCUT2D eigenvalue weighted by molar-refractivity contribution is 6.02. The van der Waals surface area contributed by atoms with Crippen molar-refractivity contribution in [3.05, 3.63) is 29.8 Å². The molecule has 7 heteroatoms. The number of methoxy groups -OCH3 is 1. The highest BCUT2D eigenvalue weighted by Gasteiger charge is 2.17. The Morgan fingerprint density at radius 3 is 2.52 bits per heavy atom. The molecule has 0 aliphatic carbocycles. The molecule has 2 amide bonds. The van der Waals surface area contributed by atoms with E-state index < -0.39 is 11.9 Å². The molecular weight excluding hydrogens is 300 g/mol. The highest BCUT2D eigenvalue weighted by Crippen LogP contribution is 2.16. The molecule has 0 aliphatic rings. The number of para-hydroxylation sites is 1. The Hall–Kier alpha value is -2.41. The van der Waals surface area contributed by atoms with E-state index in [-0.39, 0.29) is 24.6 Å². The number of carbonyl (C=O) groups excluding carboxylic acids is 3. The van der Waals surface area contributed by atoms with Gasteiger partial charge in [-0.15, -0.1) is 0 Å². The summed E-state index contributed by atoms with van der Waals surface area (Å²) in [5, 5.41) is 2.64. The topological polar surface area (TPSA) is 84.9 Å². The summed E-state index contributed by atoms with van der Waals surface area (Å²) < 4.78 is 9.86. The van der Waals surface area contributed by atoms with Gasteiger partial charge in [-0.1, -0.05) is 12.1 Å². The Bertz CT molecular complexity index is 559. The lowest BCUT2D eigenvalue weighted by Crippen LogP contribution is -2.38. The average molecular weight is 322 g/mol. The molecule has 1 N–H and O–H groups in total. The third kappa shape index (κ3) is 6.07. The lowest BCUT2D eigenvalue weighted by molar-refractivity contribution is -0.133. The molecule has 0 bridgehead atoms. The number of nitrogens with zero attached hydrogens (tertiary/aromatic N) is 1. The predicted octanol–water partition coefficient (Wildman–Crippen LogP) is 1.30. The van der Waals surface area contributed by atoms with Crippen LogP contribution in [0.3, 0.4) is 0 Å². The number of esters is 1. The molecule has 0 heterocycles. The number of nitrogens with one attached hydrogen (secondary N) is 1. The highest BCUT2D eigenvalue weighted by atomic mass is 16.5. The van der Waals surface area contributed by atoms with Gasteiger partial charge >= 0.3 is 5.97 Å². The van der Waals surface area contributed by atoms with E-state index in [0.717, 1.165) is 0 Å². The summed E-state index contributed by atoms with van der Waals surface area (Å²) in [6.07, 6.45) is 0. The van der Waals surface area contributed by atoms with Gasteiger partial charge in [0, 0.05) is 20.6 Å². The Labute approximate surface area is 135 Å². The second-order valence-electron chi connectivity index (χ2n) is 4.75. The molecule has 0 saturated carbocycles. The van der Waals surface area contributed by atoms with Crippen molar-refractivity contribution in [2.45, 2.75) is 13.8 Å². The fourth-order valence-electron chi connectivity index (χ4n) is 1.89. The number of hydrogen-bond acceptors (Lipinski definition) is 5. The minimum absolute atomic E-state index is 0.115. The fraction of sp³-hybridized carbons (Fsp3) is 0.438. The van der Waals surface area contributed by atoms with E-state index >= 15 is 0 Å². The van der Waals surface area contributed by atoms with E-state index in [1.165, 1.54) is 18.9 Å². The Balaban J connectivity index is 2.77. The number of amides is 2. The molecule has 0 unspecified atom stereocenters. The van der Waals surface area contributed by atoms with Crippen molar-refractivity contribution >= 4 is 23.5 Å². The van der Waals surface area contributed by atoms with Crippen molar-refractivity contribution < 1.29 is 23.9 Å². The first kappa shape index (κ1) is 18.6. The molecule has 0 spiro atoms. The number of rotatable bonds is 8. The van der Waals surface area contributed by atoms with E-state index in [1.807, 2.05) is 0 Å². The zero-order valence-corrected chi connectivity index (χ0v) is 13.6. The number of anilines is 1. The number of ether oxygens (including phenoxy) is 2. The van der Waals surface area contributed by atoms with Crippen LogP contribution in [0.2, 0.25) is 0 Å². The SMILES string of the molecule is CCOC(=O)c1ccccc1NC(=O)CN(CCOC)C(C)=O. The standard InChI is InChI=1S/C16H22N2O5/c1-4-23-16(21)13-7-5-6-8-14(13)17-15(20)11-18(12(2)19)9-10-22-3/h5-8H,4,9-11H2,1-3H3,(H,17,20). The van der Waals surface area contributed by atoms with Crippen LogP contribution >= 0.6 is 0 Å². The summed E-state index contributed by atoms with van der Waals surface area (Å²) in [6, 6.07) is 6.56. The van der Waals surface area contributed by atoms with Crippen LogP contribution in [0, 0.1) is 0 Å². The summed E-state index contributed by atoms with van der Waals surface area (Å²) in [7, 11) is 1.52. The zero-order chi connectivity index (χ0) is 17.2. The summed E-state index contributed by atoms with van der Waals surface area (Å²) in [5.41, 5.74) is 0.625. The van der Waals surface area contributed by atoms with E-state index in [9.17, 15) is 14.4 Å². The summed E-state index contributed by atoms with van der Waals surface area (Å²) in [5.74, 6) is -1.13. The first-order valence-corrected chi connectivity index (χ1v) is 7.30. The maximum atomic E-state index is 12.1. The van der Waals surface area contributed by atoms with E-state index in [0.29, 0.717) is 18.8 Å². The van der Waals surface area contributed by atoms with Crippen LogP contribution in [0.4, 0.5) is 5.69 Å². The predicted molar refractivity (Wildman–Crippen MR) is 85.2 cm³/mol. The van der Waals surface area contributed by atoms with Crippen molar-refractivity contribution in [3.8, 4) is 0 Å². The van der Waals surface area contributed by atoms with Gasteiger partial charge in [0.15, 0.2) is 0 Å². The van der Waals surface area contributed by atoms with Gasteiger partial charge in [0.1, 0.15) is 0 Å². The second-order valence-corrected chi connectivity index (χ2v) is 4.75. The summed E-state index contributed by atoms with van der Waals surface area (Å²) in [4.78, 5) is 36.9. The molecule has 23 heavy (non-hydrogen) atoms. The van der Waals surface area contributed by atoms with Crippen LogP contribution in [-0.4, -0.2) is 56.1 Å². The Morgan fingerprint density at radius 1 is 1.22 bits per heavy atom. The first-order chi connectivity index (χ1) is 11.0. The van der Waals surface area contributed by atoms with Gasteiger partial charge in [0.05, 0.1) is 31.0 Å². The molecule has 0 fully saturated rings. The van der Waals surface area contributed by atoms with Crippen molar-refractivity contribution in [2.75, 3.05) is 38.7 Å². The third-order valence-electron chi connectivity index (χ3n) is 3.04. The molecule has 0 aliphatic heterocycles. The van der Waals surface area contributed by atoms with Crippen LogP contribution < -0.4 is 5.32 Å². The zero-order valence-electron chi connectivity index (χ0n) is 13.6. The van der Waals surface area contributed by atoms with Gasteiger partial charge < -0.3 is 19.7 Å². The molecule has 1 rings (SSSR count). The van der Waals surface area contributed by atoms with Gasteiger partial charge in [-0.2, -0.15) is 0 Å². The molecule has 1 aromatic rings. The lowest BCUT2D eigenvalue weighted by Gasteiger charge is -2.20. The summed E-state index contributed by atoms with van der Waals surface area (Å²) in [6.45, 7) is 3.88. The van der Waals surface area contributed by atoms with Crippen LogP contribution in [0.5, 0.6) is 0 Å². The van der Waals surface area contributed by atoms with E-state index in [1.54, 1.807) is 31.2 Å². The smallest absolute Gasteiger partial charge is 0.340 e. The molecule has 0 aromatic heterocycles. The molecule has 0 atom stereocenters. The molecule has 1 aromatic carbocycles. The van der Waals surface area contributed by atoms with E-state index in [4.69, 9.17) is 9.47 Å². The number of hydrogen-bond donors (Lipinski definition) is 1. The van der Waals surface area contributed by atoms with Gasteiger partial charge in [0.25, 0.3) is 0 Å². The maximum absolute atomic E-state index is 12.1. The molecule has 7 nitrogen and oxygen atoms in total. The number of benzene rings is 1. The van der Waals surface area contributed by atoms with Gasteiger partial charge in [-0.3, -0.25) is 9.59 Å². The van der Waals surface area contributed by atoms with Crippen molar-refractivity contribution in [1.29, 1.82) is 0 Å². The third-order valence-corrected chi connectivity index (χ3v) is 3.04. The second kappa shape index (κ2) is 9.58. The normalized spacial score (nSPS) is 10.0. The minimum Gasteiger partial charge on any atom is -0.462 e.